The highest BCUT2D eigenvalue weighted by molar-refractivity contribution is 6.29. The first-order valence-electron chi connectivity index (χ1n) is 8.26. The Morgan fingerprint density at radius 3 is 2.37 bits per heavy atom. The number of methoxy groups -OCH3 is 1. The molecule has 1 amide bonds. The molecule has 0 atom stereocenters. The molecule has 8 nitrogen and oxygen atoms in total. The van der Waals surface area contributed by atoms with Gasteiger partial charge in [0.2, 0.25) is 5.96 Å². The van der Waals surface area contributed by atoms with E-state index in [1.807, 2.05) is 39.0 Å². The number of rotatable bonds is 3. The minimum atomic E-state index is -0.640. The van der Waals surface area contributed by atoms with Crippen molar-refractivity contribution in [2.24, 2.45) is 4.99 Å². The van der Waals surface area contributed by atoms with Gasteiger partial charge in [0.15, 0.2) is 0 Å². The Hall–Kier alpha value is -3.55. The average molecular weight is 365 g/mol. The topological polar surface area (TPSA) is 96.8 Å². The summed E-state index contributed by atoms with van der Waals surface area (Å²) < 4.78 is 4.61. The number of anilines is 1. The maximum Gasteiger partial charge on any atom is 0.332 e. The van der Waals surface area contributed by atoms with E-state index in [-0.39, 0.29) is 17.6 Å². The SMILES string of the molecule is COC(=O)/C=C1\NC(=Nc2nc(C)cc(C)n2)N(c2ccc(C)cc2)C1=O. The molecule has 1 aliphatic rings. The lowest BCUT2D eigenvalue weighted by atomic mass is 10.2. The second kappa shape index (κ2) is 7.36. The summed E-state index contributed by atoms with van der Waals surface area (Å²) in [4.78, 5) is 38.7. The lowest BCUT2D eigenvalue weighted by molar-refractivity contribution is -0.135. The molecule has 138 valence electrons. The number of aryl methyl sites for hydroxylation is 3. The van der Waals surface area contributed by atoms with Gasteiger partial charge in [-0.05, 0) is 39.0 Å². The fraction of sp³-hybridized carbons (Fsp3) is 0.211. The maximum absolute atomic E-state index is 12.8. The van der Waals surface area contributed by atoms with Gasteiger partial charge < -0.3 is 10.1 Å². The van der Waals surface area contributed by atoms with Crippen LogP contribution in [0, 0.1) is 20.8 Å². The van der Waals surface area contributed by atoms with E-state index in [0.717, 1.165) is 23.0 Å². The van der Waals surface area contributed by atoms with Crippen molar-refractivity contribution < 1.29 is 14.3 Å². The molecule has 0 bridgehead atoms. The summed E-state index contributed by atoms with van der Waals surface area (Å²) >= 11 is 0. The van der Waals surface area contributed by atoms with Crippen LogP contribution in [0.15, 0.2) is 47.1 Å². The van der Waals surface area contributed by atoms with Crippen LogP contribution in [0.2, 0.25) is 0 Å². The molecule has 1 aliphatic heterocycles. The normalized spacial score (nSPS) is 16.7. The molecule has 0 aliphatic carbocycles. The van der Waals surface area contributed by atoms with Gasteiger partial charge >= 0.3 is 5.97 Å². The Balaban J connectivity index is 2.08. The van der Waals surface area contributed by atoms with E-state index in [4.69, 9.17) is 0 Å². The number of esters is 1. The van der Waals surface area contributed by atoms with Crippen LogP contribution in [-0.4, -0.2) is 34.9 Å². The molecule has 27 heavy (non-hydrogen) atoms. The molecule has 1 N–H and O–H groups in total. The maximum atomic E-state index is 12.8. The third-order valence-corrected chi connectivity index (χ3v) is 3.82. The number of guanidine groups is 1. The van der Waals surface area contributed by atoms with E-state index < -0.39 is 11.9 Å². The van der Waals surface area contributed by atoms with Crippen LogP contribution < -0.4 is 10.2 Å². The van der Waals surface area contributed by atoms with Gasteiger partial charge in [-0.3, -0.25) is 4.79 Å². The van der Waals surface area contributed by atoms with Gasteiger partial charge in [-0.15, -0.1) is 0 Å². The largest absolute Gasteiger partial charge is 0.466 e. The van der Waals surface area contributed by atoms with E-state index >= 15 is 0 Å². The zero-order valence-electron chi connectivity index (χ0n) is 15.5. The molecule has 0 radical (unpaired) electrons. The quantitative estimate of drug-likeness (QED) is 0.661. The Labute approximate surface area is 156 Å². The highest BCUT2D eigenvalue weighted by Crippen LogP contribution is 2.23. The molecule has 2 aromatic rings. The summed E-state index contributed by atoms with van der Waals surface area (Å²) in [7, 11) is 1.24. The van der Waals surface area contributed by atoms with Crippen LogP contribution in [-0.2, 0) is 14.3 Å². The van der Waals surface area contributed by atoms with Crippen LogP contribution in [0.3, 0.4) is 0 Å². The van der Waals surface area contributed by atoms with Crippen LogP contribution in [0.5, 0.6) is 0 Å². The number of nitrogens with one attached hydrogen (secondary N) is 1. The molecule has 1 aromatic carbocycles. The Morgan fingerprint density at radius 1 is 1.15 bits per heavy atom. The lowest BCUT2D eigenvalue weighted by Crippen LogP contribution is -2.32. The fourth-order valence-electron chi connectivity index (χ4n) is 2.58. The first kappa shape index (κ1) is 18.2. The molecule has 1 fully saturated rings. The Kier molecular flexibility index (Phi) is 4.98. The van der Waals surface area contributed by atoms with Crippen molar-refractivity contribution in [3.05, 3.63) is 59.1 Å². The van der Waals surface area contributed by atoms with Crippen LogP contribution in [0.1, 0.15) is 17.0 Å². The van der Waals surface area contributed by atoms with E-state index in [0.29, 0.717) is 5.69 Å². The van der Waals surface area contributed by atoms with E-state index in [1.54, 1.807) is 12.1 Å². The number of ether oxygens (including phenoxy) is 1. The first-order chi connectivity index (χ1) is 12.9. The standard InChI is InChI=1S/C19H19N5O3/c1-11-5-7-14(8-6-11)24-17(26)15(10-16(25)27-4)22-19(24)23-18-20-12(2)9-13(3)21-18/h5-10H,1-4H3,(H,20,21,22,23)/b15-10-. The van der Waals surface area contributed by atoms with Gasteiger partial charge in [-0.1, -0.05) is 17.7 Å². The van der Waals surface area contributed by atoms with Crippen molar-refractivity contribution in [2.45, 2.75) is 20.8 Å². The molecule has 0 unspecified atom stereocenters. The molecule has 1 aromatic heterocycles. The van der Waals surface area contributed by atoms with Crippen molar-refractivity contribution >= 4 is 29.5 Å². The van der Waals surface area contributed by atoms with Gasteiger partial charge in [0.25, 0.3) is 11.9 Å². The van der Waals surface area contributed by atoms with Crippen LogP contribution >= 0.6 is 0 Å². The third kappa shape index (κ3) is 4.00. The lowest BCUT2D eigenvalue weighted by Gasteiger charge is -2.15. The van der Waals surface area contributed by atoms with Crippen molar-refractivity contribution in [1.29, 1.82) is 0 Å². The number of aromatic nitrogens is 2. The molecule has 1 saturated heterocycles. The monoisotopic (exact) mass is 365 g/mol. The summed E-state index contributed by atoms with van der Waals surface area (Å²) in [6.45, 7) is 5.63. The minimum absolute atomic E-state index is 0.0607. The van der Waals surface area contributed by atoms with Crippen molar-refractivity contribution in [2.75, 3.05) is 12.0 Å². The average Bonchev–Trinajstić information content (AvgIpc) is 2.90. The Morgan fingerprint density at radius 2 is 1.78 bits per heavy atom. The summed E-state index contributed by atoms with van der Waals surface area (Å²) in [6, 6.07) is 9.20. The molecule has 0 spiro atoms. The number of hydrogen-bond donors (Lipinski definition) is 1. The van der Waals surface area contributed by atoms with E-state index in [1.165, 1.54) is 12.0 Å². The number of benzene rings is 1. The molecule has 3 rings (SSSR count). The highest BCUT2D eigenvalue weighted by atomic mass is 16.5. The number of carbonyl (C=O) groups is 2. The molecule has 2 heterocycles. The van der Waals surface area contributed by atoms with Gasteiger partial charge in [0, 0.05) is 11.4 Å². The highest BCUT2D eigenvalue weighted by Gasteiger charge is 2.34. The molecule has 0 saturated carbocycles. The number of nitrogens with zero attached hydrogens (tertiary/aromatic N) is 4. The van der Waals surface area contributed by atoms with Crippen molar-refractivity contribution in [1.82, 2.24) is 15.3 Å². The minimum Gasteiger partial charge on any atom is -0.466 e. The number of amides is 1. The van der Waals surface area contributed by atoms with Crippen LogP contribution in [0.4, 0.5) is 11.6 Å². The van der Waals surface area contributed by atoms with E-state index in [9.17, 15) is 9.59 Å². The third-order valence-electron chi connectivity index (χ3n) is 3.82. The second-order valence-electron chi connectivity index (χ2n) is 6.07. The van der Waals surface area contributed by atoms with Gasteiger partial charge in [0.1, 0.15) is 5.70 Å². The predicted octanol–water partition coefficient (Wildman–Crippen LogP) is 2.08. The van der Waals surface area contributed by atoms with Crippen molar-refractivity contribution in [3.63, 3.8) is 0 Å². The smallest absolute Gasteiger partial charge is 0.332 e. The number of hydrogen-bond acceptors (Lipinski definition) is 6. The van der Waals surface area contributed by atoms with Gasteiger partial charge in [0.05, 0.1) is 18.9 Å². The van der Waals surface area contributed by atoms with Gasteiger partial charge in [-0.25, -0.2) is 19.7 Å². The summed E-state index contributed by atoms with van der Waals surface area (Å²) in [6.07, 6.45) is 1.09. The summed E-state index contributed by atoms with van der Waals surface area (Å²) in [5.74, 6) is -0.630. The Bertz CT molecular complexity index is 944. The van der Waals surface area contributed by atoms with Crippen LogP contribution in [0.25, 0.3) is 0 Å². The van der Waals surface area contributed by atoms with Crippen molar-refractivity contribution in [3.8, 4) is 0 Å². The molecule has 8 heteroatoms. The summed E-state index contributed by atoms with van der Waals surface area (Å²) in [5.41, 5.74) is 3.25. The molecular formula is C19H19N5O3. The van der Waals surface area contributed by atoms with Gasteiger partial charge in [-0.2, -0.15) is 4.99 Å². The molecular weight excluding hydrogens is 346 g/mol. The number of aliphatic imine (C=N–C) groups is 1. The first-order valence-corrected chi connectivity index (χ1v) is 8.26. The number of carbonyl (C=O) groups excluding carboxylic acids is 2. The second-order valence-corrected chi connectivity index (χ2v) is 6.07. The predicted molar refractivity (Wildman–Crippen MR) is 101 cm³/mol. The zero-order valence-corrected chi connectivity index (χ0v) is 15.5. The summed E-state index contributed by atoms with van der Waals surface area (Å²) in [5, 5.41) is 2.86. The van der Waals surface area contributed by atoms with E-state index in [2.05, 4.69) is 25.0 Å². The zero-order chi connectivity index (χ0) is 19.6. The fourth-order valence-corrected chi connectivity index (χ4v) is 2.58.